The maximum atomic E-state index is 11.6. The van der Waals surface area contributed by atoms with E-state index in [0.717, 1.165) is 25.7 Å². The number of carboxylic acid groups (broad SMARTS) is 2. The molecule has 1 aromatic carbocycles. The molecule has 0 aliphatic rings. The van der Waals surface area contributed by atoms with E-state index in [1.54, 1.807) is 30.3 Å². The molecule has 0 unspecified atom stereocenters. The van der Waals surface area contributed by atoms with Gasteiger partial charge < -0.3 is 13.1 Å². The van der Waals surface area contributed by atoms with Gasteiger partial charge in [0.25, 0.3) is 0 Å². The number of benzene rings is 1. The Labute approximate surface area is 158 Å². The van der Waals surface area contributed by atoms with Crippen LogP contribution < -0.4 is 0 Å². The minimum absolute atomic E-state index is 0. The van der Waals surface area contributed by atoms with Crippen molar-refractivity contribution in [3.63, 3.8) is 0 Å². The Morgan fingerprint density at radius 1 is 1.00 bits per heavy atom. The van der Waals surface area contributed by atoms with E-state index < -0.39 is 17.4 Å². The number of aliphatic carboxylic acids is 2. The van der Waals surface area contributed by atoms with E-state index in [-0.39, 0.29) is 47.0 Å². The normalized spacial score (nSPS) is 10.7. The zero-order valence-corrected chi connectivity index (χ0v) is 14.8. The smallest absolute Gasteiger partial charge is 1.00 e. The summed E-state index contributed by atoms with van der Waals surface area (Å²) in [6.07, 6.45) is 4.81. The van der Waals surface area contributed by atoms with Crippen molar-refractivity contribution in [1.82, 2.24) is 0 Å². The first-order valence-corrected chi connectivity index (χ1v) is 7.08. The number of carbonyl (C=O) groups is 2. The SMILES string of the molecule is CCCCCCCC(C(=O)O)(C(=O)O)c1ccccc1.[Ca+2].[H-].[H-]. The Morgan fingerprint density at radius 2 is 1.52 bits per heavy atom. The average Bonchev–Trinajstić information content (AvgIpc) is 2.43. The molecule has 21 heavy (non-hydrogen) atoms. The third-order valence-corrected chi connectivity index (χ3v) is 3.65. The fraction of sp³-hybridized carbons (Fsp3) is 0.500. The number of hydrogen-bond acceptors (Lipinski definition) is 2. The van der Waals surface area contributed by atoms with E-state index in [2.05, 4.69) is 6.92 Å². The monoisotopic (exact) mass is 320 g/mol. The van der Waals surface area contributed by atoms with Gasteiger partial charge in [-0.25, -0.2) is 0 Å². The Balaban J connectivity index is -0.00000133. The molecular weight excluding hydrogens is 296 g/mol. The molecule has 0 radical (unpaired) electrons. The van der Waals surface area contributed by atoms with Gasteiger partial charge in [0.15, 0.2) is 5.41 Å². The van der Waals surface area contributed by atoms with Crippen molar-refractivity contribution in [2.75, 3.05) is 0 Å². The minimum atomic E-state index is -1.83. The summed E-state index contributed by atoms with van der Waals surface area (Å²) in [5.74, 6) is -2.57. The molecule has 0 saturated heterocycles. The van der Waals surface area contributed by atoms with Crippen molar-refractivity contribution in [1.29, 1.82) is 0 Å². The van der Waals surface area contributed by atoms with Crippen molar-refractivity contribution in [2.24, 2.45) is 0 Å². The molecule has 1 rings (SSSR count). The molecule has 4 nitrogen and oxygen atoms in total. The third kappa shape index (κ3) is 5.28. The maximum absolute atomic E-state index is 11.6. The quantitative estimate of drug-likeness (QED) is 0.416. The predicted molar refractivity (Wildman–Crippen MR) is 84.7 cm³/mol. The third-order valence-electron chi connectivity index (χ3n) is 3.65. The van der Waals surface area contributed by atoms with Gasteiger partial charge >= 0.3 is 49.7 Å². The van der Waals surface area contributed by atoms with E-state index in [4.69, 9.17) is 0 Å². The fourth-order valence-electron chi connectivity index (χ4n) is 2.41. The second kappa shape index (κ2) is 10.2. The molecule has 0 atom stereocenters. The van der Waals surface area contributed by atoms with Gasteiger partial charge in [-0.3, -0.25) is 9.59 Å². The van der Waals surface area contributed by atoms with Crippen molar-refractivity contribution in [2.45, 2.75) is 50.9 Å². The largest absolute Gasteiger partial charge is 2.00 e. The van der Waals surface area contributed by atoms with E-state index >= 15 is 0 Å². The maximum Gasteiger partial charge on any atom is 2.00 e. The van der Waals surface area contributed by atoms with Crippen molar-refractivity contribution in [3.8, 4) is 0 Å². The van der Waals surface area contributed by atoms with E-state index in [1.807, 2.05) is 0 Å². The van der Waals surface area contributed by atoms with Crippen LogP contribution >= 0.6 is 0 Å². The fourth-order valence-corrected chi connectivity index (χ4v) is 2.41. The van der Waals surface area contributed by atoms with Crippen LogP contribution in [0.4, 0.5) is 0 Å². The summed E-state index contributed by atoms with van der Waals surface area (Å²) in [6.45, 7) is 2.10. The number of rotatable bonds is 9. The Bertz CT molecular complexity index is 441. The molecule has 0 aliphatic carbocycles. The van der Waals surface area contributed by atoms with E-state index in [9.17, 15) is 19.8 Å². The standard InChI is InChI=1S/C16H22O4.Ca.2H/c1-2-3-4-5-9-12-16(14(17)18,15(19)20)13-10-7-6-8-11-13;;;/h6-8,10-11H,2-5,9,12H2,1H3,(H,17,18)(H,19,20);;;/q;+2;2*-1. The summed E-state index contributed by atoms with van der Waals surface area (Å²) in [5, 5.41) is 18.9. The van der Waals surface area contributed by atoms with Gasteiger partial charge in [-0.15, -0.1) is 0 Å². The molecule has 0 amide bonds. The molecule has 114 valence electrons. The van der Waals surface area contributed by atoms with Crippen LogP contribution in [-0.2, 0) is 15.0 Å². The van der Waals surface area contributed by atoms with Gasteiger partial charge in [-0.1, -0.05) is 69.4 Å². The summed E-state index contributed by atoms with van der Waals surface area (Å²) in [7, 11) is 0. The first kappa shape index (κ1) is 20.4. The summed E-state index contributed by atoms with van der Waals surface area (Å²) >= 11 is 0. The van der Waals surface area contributed by atoms with Crippen LogP contribution in [0.5, 0.6) is 0 Å². The van der Waals surface area contributed by atoms with Gasteiger partial charge in [-0.2, -0.15) is 0 Å². The van der Waals surface area contributed by atoms with E-state index in [1.165, 1.54) is 0 Å². The van der Waals surface area contributed by atoms with Crippen molar-refractivity contribution >= 4 is 49.7 Å². The van der Waals surface area contributed by atoms with E-state index in [0.29, 0.717) is 12.0 Å². The zero-order chi connectivity index (χ0) is 15.0. The number of hydrogen-bond donors (Lipinski definition) is 2. The Morgan fingerprint density at radius 3 is 2.00 bits per heavy atom. The van der Waals surface area contributed by atoms with Crippen LogP contribution in [0.15, 0.2) is 30.3 Å². The second-order valence-corrected chi connectivity index (χ2v) is 5.05. The van der Waals surface area contributed by atoms with Gasteiger partial charge in [0, 0.05) is 0 Å². The molecule has 5 heteroatoms. The molecule has 0 saturated carbocycles. The van der Waals surface area contributed by atoms with Gasteiger partial charge in [0.05, 0.1) is 0 Å². The zero-order valence-electron chi connectivity index (χ0n) is 14.5. The Hall–Kier alpha value is -0.580. The molecule has 0 fully saturated rings. The first-order chi connectivity index (χ1) is 9.55. The molecule has 1 aromatic rings. The van der Waals surface area contributed by atoms with Crippen LogP contribution in [0, 0.1) is 0 Å². The molecule has 2 N–H and O–H groups in total. The summed E-state index contributed by atoms with van der Waals surface area (Å²) in [6, 6.07) is 8.25. The molecule has 0 bridgehead atoms. The predicted octanol–water partition coefficient (Wildman–Crippen LogP) is 3.30. The van der Waals surface area contributed by atoms with Gasteiger partial charge in [0.2, 0.25) is 0 Å². The van der Waals surface area contributed by atoms with Crippen molar-refractivity contribution < 1.29 is 22.7 Å². The molecule has 0 heterocycles. The van der Waals surface area contributed by atoms with Crippen LogP contribution in [0.3, 0.4) is 0 Å². The van der Waals surface area contributed by atoms with Crippen LogP contribution in [0.25, 0.3) is 0 Å². The molecule has 0 aromatic heterocycles. The molecule has 0 spiro atoms. The second-order valence-electron chi connectivity index (χ2n) is 5.05. The first-order valence-electron chi connectivity index (χ1n) is 7.08. The van der Waals surface area contributed by atoms with Crippen LogP contribution in [0.2, 0.25) is 0 Å². The summed E-state index contributed by atoms with van der Waals surface area (Å²) in [4.78, 5) is 23.2. The van der Waals surface area contributed by atoms with Crippen LogP contribution in [0.1, 0.15) is 53.9 Å². The Kier molecular flexibility index (Phi) is 9.92. The summed E-state index contributed by atoms with van der Waals surface area (Å²) < 4.78 is 0. The number of carboxylic acids is 2. The van der Waals surface area contributed by atoms with Crippen LogP contribution in [-0.4, -0.2) is 59.9 Å². The topological polar surface area (TPSA) is 74.6 Å². The minimum Gasteiger partial charge on any atom is -1.00 e. The number of unbranched alkanes of at least 4 members (excludes halogenated alkanes) is 4. The van der Waals surface area contributed by atoms with Gasteiger partial charge in [0.1, 0.15) is 0 Å². The van der Waals surface area contributed by atoms with Crippen molar-refractivity contribution in [3.05, 3.63) is 35.9 Å². The molecule has 0 aliphatic heterocycles. The van der Waals surface area contributed by atoms with Gasteiger partial charge in [-0.05, 0) is 12.0 Å². The summed E-state index contributed by atoms with van der Waals surface area (Å²) in [5.41, 5.74) is -1.48. The average molecular weight is 320 g/mol. The molecular formula is C16H24CaO4.